The molecule has 0 aliphatic carbocycles. The lowest BCUT2D eigenvalue weighted by Crippen LogP contribution is -2.43. The standard InChI is InChI=1S/C15H23N3O2.ClH/c1-11(2)17-14(19)10-18(3)15(20)13(9-16)12-7-5-4-6-8-12;/h4-8,11,13H,9-10,16H2,1-3H3,(H,17,19);1H. The molecule has 0 aliphatic heterocycles. The normalized spacial score (nSPS) is 11.5. The average molecular weight is 314 g/mol. The van der Waals surface area contributed by atoms with E-state index in [1.54, 1.807) is 7.05 Å². The molecular weight excluding hydrogens is 290 g/mol. The van der Waals surface area contributed by atoms with Crippen molar-refractivity contribution in [1.82, 2.24) is 10.2 Å². The number of halogens is 1. The molecule has 1 aromatic rings. The lowest BCUT2D eigenvalue weighted by molar-refractivity contribution is -0.135. The predicted molar refractivity (Wildman–Crippen MR) is 86.4 cm³/mol. The highest BCUT2D eigenvalue weighted by atomic mass is 35.5. The molecule has 118 valence electrons. The highest BCUT2D eigenvalue weighted by molar-refractivity contribution is 5.88. The second kappa shape index (κ2) is 9.37. The first-order valence-corrected chi connectivity index (χ1v) is 6.75. The Balaban J connectivity index is 0.00000400. The number of hydrogen-bond donors (Lipinski definition) is 2. The van der Waals surface area contributed by atoms with Crippen molar-refractivity contribution in [2.75, 3.05) is 20.1 Å². The Kier molecular flexibility index (Phi) is 8.66. The van der Waals surface area contributed by atoms with Gasteiger partial charge in [0.1, 0.15) is 0 Å². The zero-order valence-corrected chi connectivity index (χ0v) is 13.5. The first-order valence-electron chi connectivity index (χ1n) is 6.75. The molecule has 0 spiro atoms. The van der Waals surface area contributed by atoms with Crippen molar-refractivity contribution in [3.63, 3.8) is 0 Å². The lowest BCUT2D eigenvalue weighted by Gasteiger charge is -2.23. The Morgan fingerprint density at radius 3 is 2.29 bits per heavy atom. The van der Waals surface area contributed by atoms with Gasteiger partial charge in [-0.1, -0.05) is 30.3 Å². The second-order valence-corrected chi connectivity index (χ2v) is 5.12. The van der Waals surface area contributed by atoms with Crippen LogP contribution in [-0.4, -0.2) is 42.9 Å². The second-order valence-electron chi connectivity index (χ2n) is 5.12. The molecule has 1 unspecified atom stereocenters. The molecule has 0 heterocycles. The van der Waals surface area contributed by atoms with Gasteiger partial charge in [0, 0.05) is 19.6 Å². The van der Waals surface area contributed by atoms with Crippen LogP contribution in [0.2, 0.25) is 0 Å². The lowest BCUT2D eigenvalue weighted by atomic mass is 9.98. The summed E-state index contributed by atoms with van der Waals surface area (Å²) in [7, 11) is 1.62. The van der Waals surface area contributed by atoms with Crippen LogP contribution in [0.4, 0.5) is 0 Å². The van der Waals surface area contributed by atoms with Gasteiger partial charge in [0.15, 0.2) is 0 Å². The first-order chi connectivity index (χ1) is 9.45. The molecule has 2 amide bonds. The van der Waals surface area contributed by atoms with E-state index in [1.165, 1.54) is 4.90 Å². The highest BCUT2D eigenvalue weighted by Crippen LogP contribution is 2.16. The Hall–Kier alpha value is -1.59. The molecule has 0 saturated heterocycles. The van der Waals surface area contributed by atoms with Crippen molar-refractivity contribution >= 4 is 24.2 Å². The van der Waals surface area contributed by atoms with Crippen molar-refractivity contribution in [1.29, 1.82) is 0 Å². The molecule has 0 fully saturated rings. The third-order valence-corrected chi connectivity index (χ3v) is 2.94. The van der Waals surface area contributed by atoms with Crippen molar-refractivity contribution in [2.45, 2.75) is 25.8 Å². The van der Waals surface area contributed by atoms with Crippen LogP contribution in [0, 0.1) is 0 Å². The van der Waals surface area contributed by atoms with Gasteiger partial charge in [0.2, 0.25) is 11.8 Å². The minimum atomic E-state index is -0.409. The maximum atomic E-state index is 12.4. The van der Waals surface area contributed by atoms with Gasteiger partial charge in [-0.15, -0.1) is 12.4 Å². The number of likely N-dealkylation sites (N-methyl/N-ethyl adjacent to an activating group) is 1. The van der Waals surface area contributed by atoms with Crippen molar-refractivity contribution in [3.8, 4) is 0 Å². The van der Waals surface area contributed by atoms with Gasteiger partial charge in [-0.2, -0.15) is 0 Å². The third-order valence-electron chi connectivity index (χ3n) is 2.94. The molecule has 0 saturated carbocycles. The average Bonchev–Trinajstić information content (AvgIpc) is 2.39. The predicted octanol–water partition coefficient (Wildman–Crippen LogP) is 1.13. The van der Waals surface area contributed by atoms with Gasteiger partial charge < -0.3 is 16.0 Å². The molecule has 3 N–H and O–H groups in total. The van der Waals surface area contributed by atoms with E-state index in [0.717, 1.165) is 5.56 Å². The van der Waals surface area contributed by atoms with Gasteiger partial charge in [-0.25, -0.2) is 0 Å². The fourth-order valence-electron chi connectivity index (χ4n) is 1.99. The number of nitrogens with two attached hydrogens (primary N) is 1. The van der Waals surface area contributed by atoms with Gasteiger partial charge in [-0.05, 0) is 19.4 Å². The molecular formula is C15H24ClN3O2. The SMILES string of the molecule is CC(C)NC(=O)CN(C)C(=O)C(CN)c1ccccc1.Cl. The summed E-state index contributed by atoms with van der Waals surface area (Å²) in [5, 5.41) is 2.76. The molecule has 21 heavy (non-hydrogen) atoms. The molecule has 0 aliphatic rings. The van der Waals surface area contributed by atoms with Crippen LogP contribution in [0.3, 0.4) is 0 Å². The molecule has 6 heteroatoms. The highest BCUT2D eigenvalue weighted by Gasteiger charge is 2.23. The summed E-state index contributed by atoms with van der Waals surface area (Å²) in [5.74, 6) is -0.717. The van der Waals surface area contributed by atoms with Crippen molar-refractivity contribution in [3.05, 3.63) is 35.9 Å². The smallest absolute Gasteiger partial charge is 0.239 e. The van der Waals surface area contributed by atoms with Gasteiger partial charge in [-0.3, -0.25) is 9.59 Å². The molecule has 1 atom stereocenters. The van der Waals surface area contributed by atoms with E-state index < -0.39 is 5.92 Å². The summed E-state index contributed by atoms with van der Waals surface area (Å²) in [6.07, 6.45) is 0. The summed E-state index contributed by atoms with van der Waals surface area (Å²) >= 11 is 0. The molecule has 1 rings (SSSR count). The number of carbonyl (C=O) groups excluding carboxylic acids is 2. The van der Waals surface area contributed by atoms with E-state index in [4.69, 9.17) is 5.73 Å². The van der Waals surface area contributed by atoms with E-state index in [0.29, 0.717) is 0 Å². The number of benzene rings is 1. The Morgan fingerprint density at radius 1 is 1.24 bits per heavy atom. The Labute approximate surface area is 132 Å². The maximum Gasteiger partial charge on any atom is 0.239 e. The number of hydrogen-bond acceptors (Lipinski definition) is 3. The fraction of sp³-hybridized carbons (Fsp3) is 0.467. The number of nitrogens with one attached hydrogen (secondary N) is 1. The van der Waals surface area contributed by atoms with E-state index in [1.807, 2.05) is 44.2 Å². The Morgan fingerprint density at radius 2 is 1.81 bits per heavy atom. The largest absolute Gasteiger partial charge is 0.352 e. The van der Waals surface area contributed by atoms with Crippen molar-refractivity contribution < 1.29 is 9.59 Å². The number of carbonyl (C=O) groups is 2. The van der Waals surface area contributed by atoms with Crippen LogP contribution in [-0.2, 0) is 9.59 Å². The number of rotatable bonds is 6. The van der Waals surface area contributed by atoms with Crippen LogP contribution in [0.25, 0.3) is 0 Å². The summed E-state index contributed by atoms with van der Waals surface area (Å²) in [4.78, 5) is 25.5. The molecule has 0 aromatic heterocycles. The maximum absolute atomic E-state index is 12.4. The fourth-order valence-corrected chi connectivity index (χ4v) is 1.99. The quantitative estimate of drug-likeness (QED) is 0.827. The van der Waals surface area contributed by atoms with Crippen LogP contribution in [0.1, 0.15) is 25.3 Å². The summed E-state index contributed by atoms with van der Waals surface area (Å²) in [6, 6.07) is 9.44. The van der Waals surface area contributed by atoms with Gasteiger partial charge >= 0.3 is 0 Å². The van der Waals surface area contributed by atoms with E-state index in [2.05, 4.69) is 5.32 Å². The van der Waals surface area contributed by atoms with E-state index in [9.17, 15) is 9.59 Å². The Bertz CT molecular complexity index is 451. The monoisotopic (exact) mass is 313 g/mol. The van der Waals surface area contributed by atoms with E-state index in [-0.39, 0.29) is 43.4 Å². The number of amides is 2. The summed E-state index contributed by atoms with van der Waals surface area (Å²) in [5.41, 5.74) is 6.58. The van der Waals surface area contributed by atoms with Crippen LogP contribution >= 0.6 is 12.4 Å². The zero-order valence-electron chi connectivity index (χ0n) is 12.7. The summed E-state index contributed by atoms with van der Waals surface area (Å²) < 4.78 is 0. The van der Waals surface area contributed by atoms with Crippen LogP contribution < -0.4 is 11.1 Å². The molecule has 0 radical (unpaired) electrons. The number of nitrogens with zero attached hydrogens (tertiary/aromatic N) is 1. The first kappa shape index (κ1) is 19.4. The summed E-state index contributed by atoms with van der Waals surface area (Å²) in [6.45, 7) is 4.03. The topological polar surface area (TPSA) is 75.4 Å². The minimum Gasteiger partial charge on any atom is -0.352 e. The molecule has 5 nitrogen and oxygen atoms in total. The van der Waals surface area contributed by atoms with Crippen LogP contribution in [0.5, 0.6) is 0 Å². The zero-order chi connectivity index (χ0) is 15.1. The van der Waals surface area contributed by atoms with Crippen LogP contribution in [0.15, 0.2) is 30.3 Å². The molecule has 0 bridgehead atoms. The van der Waals surface area contributed by atoms with Crippen molar-refractivity contribution in [2.24, 2.45) is 5.73 Å². The third kappa shape index (κ3) is 6.14. The van der Waals surface area contributed by atoms with E-state index >= 15 is 0 Å². The van der Waals surface area contributed by atoms with Gasteiger partial charge in [0.25, 0.3) is 0 Å². The molecule has 1 aromatic carbocycles. The minimum absolute atomic E-state index is 0. The van der Waals surface area contributed by atoms with Gasteiger partial charge in [0.05, 0.1) is 12.5 Å².